The largest absolute Gasteiger partial charge is 0.377 e. The summed E-state index contributed by atoms with van der Waals surface area (Å²) in [7, 11) is 7.95. The van der Waals surface area contributed by atoms with Crippen molar-refractivity contribution in [2.75, 3.05) is 38.0 Å². The molecular weight excluding hydrogens is 448 g/mol. The number of hydrogen-bond acceptors (Lipinski definition) is 4. The number of carbonyl (C=O) groups is 2. The Morgan fingerprint density at radius 2 is 0.833 bits per heavy atom. The van der Waals surface area contributed by atoms with Crippen LogP contribution in [0.2, 0.25) is 0 Å². The minimum Gasteiger partial charge on any atom is -0.377 e. The number of anilines is 2. The third-order valence-corrected chi connectivity index (χ3v) is 6.18. The molecule has 0 aliphatic carbocycles. The summed E-state index contributed by atoms with van der Waals surface area (Å²) in [5, 5.41) is 0. The lowest BCUT2D eigenvalue weighted by atomic mass is 10.00. The standard InChI is InChI=1S/C30H32N4O2/c1-31(2)27-13-17-33(18-14-27)21-29(35)25-9-5-23(6-10-25)24-7-11-26(12-8-24)30(36)22-34-19-15-28(16-20-34)32(3)4/h5-20H,21-22H2,1-4H3/q+2. The van der Waals surface area contributed by atoms with Crippen LogP contribution in [-0.4, -0.2) is 39.8 Å². The highest BCUT2D eigenvalue weighted by atomic mass is 16.1. The van der Waals surface area contributed by atoms with Crippen molar-refractivity contribution in [1.82, 2.24) is 0 Å². The quantitative estimate of drug-likeness (QED) is 0.270. The maximum Gasteiger partial charge on any atom is 0.227 e. The molecular formula is C30H32N4O2+2. The van der Waals surface area contributed by atoms with Gasteiger partial charge in [0, 0.05) is 75.0 Å². The van der Waals surface area contributed by atoms with Gasteiger partial charge in [0.25, 0.3) is 0 Å². The van der Waals surface area contributed by atoms with Gasteiger partial charge in [-0.1, -0.05) is 48.5 Å². The third-order valence-electron chi connectivity index (χ3n) is 6.18. The maximum absolute atomic E-state index is 12.7. The van der Waals surface area contributed by atoms with Crippen LogP contribution < -0.4 is 18.9 Å². The van der Waals surface area contributed by atoms with Crippen LogP contribution in [0.5, 0.6) is 0 Å². The van der Waals surface area contributed by atoms with E-state index in [9.17, 15) is 9.59 Å². The maximum atomic E-state index is 12.7. The molecule has 0 saturated carbocycles. The highest BCUT2D eigenvalue weighted by Gasteiger charge is 2.14. The first-order valence-electron chi connectivity index (χ1n) is 11.9. The van der Waals surface area contributed by atoms with Crippen LogP contribution in [0.4, 0.5) is 11.4 Å². The van der Waals surface area contributed by atoms with Gasteiger partial charge in [0.15, 0.2) is 24.8 Å². The fraction of sp³-hybridized carbons (Fsp3) is 0.200. The molecule has 36 heavy (non-hydrogen) atoms. The fourth-order valence-corrected chi connectivity index (χ4v) is 3.92. The number of Topliss-reactive ketones (excluding diaryl/α,β-unsaturated/α-hetero) is 2. The zero-order valence-electron chi connectivity index (χ0n) is 21.3. The van der Waals surface area contributed by atoms with Crippen molar-refractivity contribution in [3.63, 3.8) is 0 Å². The lowest BCUT2D eigenvalue weighted by molar-refractivity contribution is -0.683. The second-order valence-corrected chi connectivity index (χ2v) is 9.25. The summed E-state index contributed by atoms with van der Waals surface area (Å²) in [4.78, 5) is 29.5. The monoisotopic (exact) mass is 480 g/mol. The molecule has 0 unspecified atom stereocenters. The number of benzene rings is 2. The van der Waals surface area contributed by atoms with Crippen molar-refractivity contribution < 1.29 is 18.7 Å². The average Bonchev–Trinajstić information content (AvgIpc) is 2.89. The molecule has 0 atom stereocenters. The topological polar surface area (TPSA) is 48.4 Å². The normalized spacial score (nSPS) is 10.7. The Bertz CT molecular complexity index is 1220. The van der Waals surface area contributed by atoms with Crippen LogP contribution in [0.1, 0.15) is 20.7 Å². The number of nitrogens with zero attached hydrogens (tertiary/aromatic N) is 4. The Hall–Kier alpha value is -4.32. The SMILES string of the molecule is CN(C)c1cc[n+](CC(=O)c2ccc(-c3ccc(C(=O)C[n+]4ccc(N(C)C)cc4)cc3)cc2)cc1. The summed E-state index contributed by atoms with van der Waals surface area (Å²) in [6.07, 6.45) is 7.67. The summed E-state index contributed by atoms with van der Waals surface area (Å²) in [5.41, 5.74) is 5.53. The summed E-state index contributed by atoms with van der Waals surface area (Å²) >= 11 is 0. The molecule has 2 aromatic carbocycles. The Morgan fingerprint density at radius 3 is 1.11 bits per heavy atom. The van der Waals surface area contributed by atoms with Gasteiger partial charge >= 0.3 is 0 Å². The number of carbonyl (C=O) groups excluding carboxylic acids is 2. The summed E-state index contributed by atoms with van der Waals surface area (Å²) in [6.45, 7) is 0.583. The van der Waals surface area contributed by atoms with E-state index in [0.717, 1.165) is 22.5 Å². The van der Waals surface area contributed by atoms with Gasteiger partial charge < -0.3 is 9.80 Å². The summed E-state index contributed by atoms with van der Waals surface area (Å²) in [6, 6.07) is 23.2. The minimum absolute atomic E-state index is 0.0567. The van der Waals surface area contributed by atoms with Crippen molar-refractivity contribution >= 4 is 22.9 Å². The summed E-state index contributed by atoms with van der Waals surface area (Å²) in [5.74, 6) is 0.113. The number of ketones is 2. The second-order valence-electron chi connectivity index (χ2n) is 9.25. The molecule has 0 bridgehead atoms. The highest BCUT2D eigenvalue weighted by molar-refractivity contribution is 5.96. The molecule has 0 radical (unpaired) electrons. The van der Waals surface area contributed by atoms with E-state index < -0.39 is 0 Å². The van der Waals surface area contributed by atoms with E-state index in [0.29, 0.717) is 24.2 Å². The van der Waals surface area contributed by atoms with E-state index in [-0.39, 0.29) is 11.6 Å². The van der Waals surface area contributed by atoms with Crippen LogP contribution in [0.25, 0.3) is 11.1 Å². The van der Waals surface area contributed by atoms with Crippen molar-refractivity contribution in [1.29, 1.82) is 0 Å². The highest BCUT2D eigenvalue weighted by Crippen LogP contribution is 2.21. The predicted octanol–water partition coefficient (Wildman–Crippen LogP) is 3.83. The van der Waals surface area contributed by atoms with Gasteiger partial charge in [-0.25, -0.2) is 0 Å². The molecule has 4 aromatic rings. The Labute approximate surface area is 212 Å². The van der Waals surface area contributed by atoms with Crippen LogP contribution in [0.15, 0.2) is 97.6 Å². The zero-order chi connectivity index (χ0) is 25.7. The van der Waals surface area contributed by atoms with Gasteiger partial charge in [0.2, 0.25) is 24.7 Å². The van der Waals surface area contributed by atoms with Crippen molar-refractivity contribution in [3.05, 3.63) is 109 Å². The number of aromatic nitrogens is 2. The molecule has 4 rings (SSSR count). The van der Waals surface area contributed by atoms with E-state index in [1.165, 1.54) is 0 Å². The smallest absolute Gasteiger partial charge is 0.227 e. The molecule has 2 heterocycles. The Kier molecular flexibility index (Phi) is 7.54. The molecule has 0 N–H and O–H groups in total. The lowest BCUT2D eigenvalue weighted by Crippen LogP contribution is -2.37. The van der Waals surface area contributed by atoms with Crippen molar-refractivity contribution in [3.8, 4) is 11.1 Å². The predicted molar refractivity (Wildman–Crippen MR) is 142 cm³/mol. The van der Waals surface area contributed by atoms with Crippen LogP contribution in [0.3, 0.4) is 0 Å². The van der Waals surface area contributed by atoms with Gasteiger partial charge in [-0.15, -0.1) is 0 Å². The van der Waals surface area contributed by atoms with Gasteiger partial charge in [-0.05, 0) is 11.1 Å². The van der Waals surface area contributed by atoms with Gasteiger partial charge in [-0.3, -0.25) is 9.59 Å². The van der Waals surface area contributed by atoms with Gasteiger partial charge in [-0.2, -0.15) is 9.13 Å². The molecule has 0 saturated heterocycles. The van der Waals surface area contributed by atoms with Crippen molar-refractivity contribution in [2.45, 2.75) is 13.1 Å². The van der Waals surface area contributed by atoms with E-state index in [4.69, 9.17) is 0 Å². The zero-order valence-corrected chi connectivity index (χ0v) is 21.3. The number of pyridine rings is 2. The first kappa shape index (κ1) is 24.8. The lowest BCUT2D eigenvalue weighted by Gasteiger charge is -2.10. The first-order valence-corrected chi connectivity index (χ1v) is 11.9. The number of hydrogen-bond donors (Lipinski definition) is 0. The summed E-state index contributed by atoms with van der Waals surface area (Å²) < 4.78 is 3.77. The molecule has 0 aliphatic rings. The molecule has 0 fully saturated rings. The molecule has 0 amide bonds. The van der Waals surface area contributed by atoms with E-state index >= 15 is 0 Å². The first-order chi connectivity index (χ1) is 17.3. The second kappa shape index (κ2) is 11.0. The Morgan fingerprint density at radius 1 is 0.528 bits per heavy atom. The Balaban J connectivity index is 1.38. The molecule has 2 aromatic heterocycles. The average molecular weight is 481 g/mol. The molecule has 6 heteroatoms. The van der Waals surface area contributed by atoms with Crippen LogP contribution in [0, 0.1) is 0 Å². The third kappa shape index (κ3) is 6.02. The molecule has 0 aliphatic heterocycles. The van der Waals surface area contributed by atoms with Crippen molar-refractivity contribution in [2.24, 2.45) is 0 Å². The van der Waals surface area contributed by atoms with E-state index in [1.807, 2.05) is 145 Å². The van der Waals surface area contributed by atoms with E-state index in [1.54, 1.807) is 0 Å². The van der Waals surface area contributed by atoms with Crippen LogP contribution >= 0.6 is 0 Å². The molecule has 0 spiro atoms. The number of rotatable bonds is 9. The van der Waals surface area contributed by atoms with Crippen LogP contribution in [-0.2, 0) is 13.1 Å². The van der Waals surface area contributed by atoms with E-state index in [2.05, 4.69) is 0 Å². The van der Waals surface area contributed by atoms with Gasteiger partial charge in [0.05, 0.1) is 0 Å². The molecule has 6 nitrogen and oxygen atoms in total. The van der Waals surface area contributed by atoms with Gasteiger partial charge in [0.1, 0.15) is 0 Å². The molecule has 182 valence electrons. The minimum atomic E-state index is 0.0567. The fourth-order valence-electron chi connectivity index (χ4n) is 3.92.